The number of rotatable bonds is 17. The molecule has 10 heteroatoms. The van der Waals surface area contributed by atoms with Crippen molar-refractivity contribution in [2.75, 3.05) is 47.9 Å². The van der Waals surface area contributed by atoms with E-state index in [9.17, 15) is 14.4 Å². The van der Waals surface area contributed by atoms with Crippen LogP contribution in [0.4, 0.5) is 0 Å². The first-order valence-corrected chi connectivity index (χ1v) is 13.7. The zero-order valence-corrected chi connectivity index (χ0v) is 24.6. The molecule has 0 saturated carbocycles. The summed E-state index contributed by atoms with van der Waals surface area (Å²) in [6, 6.07) is -0.430. The zero-order valence-electron chi connectivity index (χ0n) is 24.6. The van der Waals surface area contributed by atoms with Crippen molar-refractivity contribution in [1.29, 1.82) is 0 Å². The van der Waals surface area contributed by atoms with Crippen LogP contribution in [0.1, 0.15) is 60.3 Å². The first-order valence-electron chi connectivity index (χ1n) is 13.7. The minimum Gasteiger partial charge on any atom is -0.379 e. The molecule has 0 aromatic rings. The molecule has 0 radical (unpaired) electrons. The first kappa shape index (κ1) is 33.3. The van der Waals surface area contributed by atoms with E-state index in [1.807, 2.05) is 25.8 Å². The molecule has 10 nitrogen and oxygen atoms in total. The van der Waals surface area contributed by atoms with Gasteiger partial charge in [0.1, 0.15) is 0 Å². The van der Waals surface area contributed by atoms with Crippen LogP contribution in [0, 0.1) is 17.8 Å². The highest BCUT2D eigenvalue weighted by Gasteiger charge is 2.41. The third kappa shape index (κ3) is 9.19. The Bertz CT molecular complexity index is 721. The molecule has 0 aliphatic carbocycles. The first-order chi connectivity index (χ1) is 17.4. The van der Waals surface area contributed by atoms with Gasteiger partial charge in [0.05, 0.1) is 36.6 Å². The van der Waals surface area contributed by atoms with Crippen LogP contribution >= 0.6 is 0 Å². The number of carbonyl (C=O) groups is 3. The molecule has 1 heterocycles. The van der Waals surface area contributed by atoms with Crippen LogP contribution in [0.25, 0.3) is 0 Å². The van der Waals surface area contributed by atoms with Gasteiger partial charge in [-0.1, -0.05) is 41.0 Å². The number of nitrogens with zero attached hydrogens (tertiary/aromatic N) is 2. The highest BCUT2D eigenvalue weighted by molar-refractivity contribution is 5.82. The maximum absolute atomic E-state index is 13.5. The van der Waals surface area contributed by atoms with Gasteiger partial charge in [0.2, 0.25) is 17.7 Å². The zero-order chi connectivity index (χ0) is 28.3. The summed E-state index contributed by atoms with van der Waals surface area (Å²) in [7, 11) is 7.03. The molecule has 0 bridgehead atoms. The molecule has 1 unspecified atom stereocenters. The lowest BCUT2D eigenvalue weighted by atomic mass is 9.90. The number of nitrogens with one attached hydrogen (secondary N) is 2. The van der Waals surface area contributed by atoms with Gasteiger partial charge >= 0.3 is 0 Å². The van der Waals surface area contributed by atoms with Crippen LogP contribution in [0.15, 0.2) is 0 Å². The second-order valence-corrected chi connectivity index (χ2v) is 10.8. The third-order valence-corrected chi connectivity index (χ3v) is 8.03. The molecule has 1 fully saturated rings. The molecule has 0 spiro atoms. The molecule has 1 aliphatic heterocycles. The molecule has 1 rings (SSSR count). The molecule has 0 aromatic carbocycles. The number of likely N-dealkylation sites (tertiary alicyclic amines) is 1. The number of likely N-dealkylation sites (N-methyl/N-ethyl adjacent to an activating group) is 2. The van der Waals surface area contributed by atoms with Crippen LogP contribution < -0.4 is 16.4 Å². The molecular weight excluding hydrogens is 474 g/mol. The van der Waals surface area contributed by atoms with Crippen molar-refractivity contribution in [2.45, 2.75) is 90.6 Å². The van der Waals surface area contributed by atoms with Gasteiger partial charge < -0.3 is 30.7 Å². The number of primary amides is 1. The van der Waals surface area contributed by atoms with E-state index >= 15 is 0 Å². The van der Waals surface area contributed by atoms with Crippen LogP contribution in [0.5, 0.6) is 0 Å². The van der Waals surface area contributed by atoms with E-state index in [0.29, 0.717) is 19.6 Å². The number of amides is 3. The number of ether oxygens (including phenoxy) is 2. The number of nitrogens with two attached hydrogens (primary N) is 1. The quantitative estimate of drug-likeness (QED) is 0.260. The van der Waals surface area contributed by atoms with Gasteiger partial charge in [-0.2, -0.15) is 0 Å². The number of hydrogen-bond donors (Lipinski definition) is 3. The second-order valence-electron chi connectivity index (χ2n) is 10.8. The smallest absolute Gasteiger partial charge is 0.237 e. The van der Waals surface area contributed by atoms with Crippen LogP contribution in [-0.2, 0) is 23.9 Å². The predicted octanol–water partition coefficient (Wildman–Crippen LogP) is 1.23. The molecule has 4 N–H and O–H groups in total. The Morgan fingerprint density at radius 1 is 1.14 bits per heavy atom. The Labute approximate surface area is 224 Å². The average molecular weight is 528 g/mol. The van der Waals surface area contributed by atoms with Gasteiger partial charge in [0.25, 0.3) is 0 Å². The highest BCUT2D eigenvalue weighted by atomic mass is 16.5. The van der Waals surface area contributed by atoms with Crippen molar-refractivity contribution in [3.05, 3.63) is 0 Å². The fraction of sp³-hybridized carbons (Fsp3) is 0.889. The van der Waals surface area contributed by atoms with E-state index in [2.05, 4.69) is 29.4 Å². The summed E-state index contributed by atoms with van der Waals surface area (Å²) < 4.78 is 11.6. The summed E-state index contributed by atoms with van der Waals surface area (Å²) in [5, 5.41) is 6.11. The van der Waals surface area contributed by atoms with Crippen LogP contribution in [0.3, 0.4) is 0 Å². The summed E-state index contributed by atoms with van der Waals surface area (Å²) in [6.45, 7) is 11.9. The summed E-state index contributed by atoms with van der Waals surface area (Å²) >= 11 is 0. The van der Waals surface area contributed by atoms with Crippen LogP contribution in [0.2, 0.25) is 0 Å². The van der Waals surface area contributed by atoms with Crippen molar-refractivity contribution in [3.8, 4) is 0 Å². The number of carbonyl (C=O) groups excluding carboxylic acids is 3. The lowest BCUT2D eigenvalue weighted by molar-refractivity contribution is -0.142. The molecule has 37 heavy (non-hydrogen) atoms. The molecular formula is C27H53N5O5. The topological polar surface area (TPSA) is 126 Å². The summed E-state index contributed by atoms with van der Waals surface area (Å²) in [5.41, 5.74) is 5.55. The summed E-state index contributed by atoms with van der Waals surface area (Å²) in [5.74, 6) is -0.470. The van der Waals surface area contributed by atoms with E-state index in [1.165, 1.54) is 0 Å². The second kappa shape index (κ2) is 16.3. The standard InChI is InChI=1S/C27H53N5O5/c1-10-18(4)24(31(7)15-13-30-27(35)23(29-6)17(2)3)21(36-8)16-22(33)32-14-11-12-20(32)25(37-9)19(5)26(28)34/h17-21,23-25,29H,10-16H2,1-9H3,(H2,28,34)(H,30,35)/t18-,19+,20-,21+,23?,24-,25+/m0/s1. The molecule has 1 aliphatic rings. The Kier molecular flexibility index (Phi) is 14.6. The molecule has 7 atom stereocenters. The van der Waals surface area contributed by atoms with Crippen molar-refractivity contribution >= 4 is 17.7 Å². The van der Waals surface area contributed by atoms with E-state index < -0.39 is 17.9 Å². The monoisotopic (exact) mass is 527 g/mol. The number of methoxy groups -OCH3 is 2. The highest BCUT2D eigenvalue weighted by Crippen LogP contribution is 2.28. The van der Waals surface area contributed by atoms with E-state index in [4.69, 9.17) is 15.2 Å². The Hall–Kier alpha value is -1.75. The summed E-state index contributed by atoms with van der Waals surface area (Å²) in [6.07, 6.45) is 2.04. The molecule has 1 saturated heterocycles. The average Bonchev–Trinajstić information content (AvgIpc) is 3.33. The molecule has 216 valence electrons. The van der Waals surface area contributed by atoms with Crippen molar-refractivity contribution < 1.29 is 23.9 Å². The minimum absolute atomic E-state index is 0.00290. The fourth-order valence-corrected chi connectivity index (χ4v) is 5.64. The Morgan fingerprint density at radius 2 is 1.78 bits per heavy atom. The van der Waals surface area contributed by atoms with Gasteiger partial charge in [-0.05, 0) is 38.8 Å². The third-order valence-electron chi connectivity index (χ3n) is 8.03. The van der Waals surface area contributed by atoms with Crippen molar-refractivity contribution in [3.63, 3.8) is 0 Å². The van der Waals surface area contributed by atoms with Crippen LogP contribution in [-0.4, -0.2) is 106 Å². The maximum atomic E-state index is 13.5. The fourth-order valence-electron chi connectivity index (χ4n) is 5.64. The van der Waals surface area contributed by atoms with Crippen molar-refractivity contribution in [2.24, 2.45) is 23.5 Å². The Morgan fingerprint density at radius 3 is 2.27 bits per heavy atom. The van der Waals surface area contributed by atoms with Gasteiger partial charge in [-0.3, -0.25) is 19.3 Å². The lowest BCUT2D eigenvalue weighted by Gasteiger charge is -2.39. The van der Waals surface area contributed by atoms with E-state index in [-0.39, 0.29) is 54.3 Å². The van der Waals surface area contributed by atoms with Gasteiger partial charge in [-0.25, -0.2) is 0 Å². The molecule has 0 aromatic heterocycles. The summed E-state index contributed by atoms with van der Waals surface area (Å²) in [4.78, 5) is 41.9. The van der Waals surface area contributed by atoms with Gasteiger partial charge in [-0.15, -0.1) is 0 Å². The van der Waals surface area contributed by atoms with Gasteiger partial charge in [0, 0.05) is 39.9 Å². The van der Waals surface area contributed by atoms with E-state index in [0.717, 1.165) is 19.3 Å². The largest absolute Gasteiger partial charge is 0.379 e. The lowest BCUT2D eigenvalue weighted by Crippen LogP contribution is -2.53. The predicted molar refractivity (Wildman–Crippen MR) is 146 cm³/mol. The molecule has 3 amide bonds. The Balaban J connectivity index is 2.93. The normalized spacial score (nSPS) is 20.9. The van der Waals surface area contributed by atoms with E-state index in [1.54, 1.807) is 28.2 Å². The SMILES string of the molecule is CC[C@H](C)[C@@H]([C@@H](CC(=O)N1CCC[C@H]1[C@H](OC)[C@@H](C)C(N)=O)OC)N(C)CCNC(=O)C(NC)C(C)C. The van der Waals surface area contributed by atoms with Crippen molar-refractivity contribution in [1.82, 2.24) is 20.4 Å². The number of hydrogen-bond acceptors (Lipinski definition) is 7. The maximum Gasteiger partial charge on any atom is 0.237 e. The minimum atomic E-state index is -0.492. The van der Waals surface area contributed by atoms with Gasteiger partial charge in [0.15, 0.2) is 0 Å².